The monoisotopic (exact) mass is 307 g/mol. The highest BCUT2D eigenvalue weighted by Gasteiger charge is 2.35. The lowest BCUT2D eigenvalue weighted by molar-refractivity contribution is -0.143. The molecule has 0 atom stereocenters. The lowest BCUT2D eigenvalue weighted by Gasteiger charge is -2.24. The van der Waals surface area contributed by atoms with Gasteiger partial charge in [0.2, 0.25) is 0 Å². The summed E-state index contributed by atoms with van der Waals surface area (Å²) in [6.45, 7) is -0.125. The second kappa shape index (κ2) is 5.41. The smallest absolute Gasteiger partial charge is 0.323 e. The first kappa shape index (κ1) is 13.9. The Morgan fingerprint density at radius 1 is 1.38 bits per heavy atom. The largest absolute Gasteiger partial charge is 0.488 e. The molecule has 110 valence electrons. The van der Waals surface area contributed by atoms with E-state index >= 15 is 0 Å². The summed E-state index contributed by atoms with van der Waals surface area (Å²) in [6.07, 6.45) is 3.44. The molecule has 1 aromatic rings. The number of aliphatic carboxylic acids is 1. The fourth-order valence-corrected chi connectivity index (χ4v) is 2.54. The van der Waals surface area contributed by atoms with Crippen LogP contribution in [0.3, 0.4) is 0 Å². The van der Waals surface area contributed by atoms with Crippen molar-refractivity contribution in [2.45, 2.75) is 18.9 Å². The first-order valence-corrected chi connectivity index (χ1v) is 7.08. The third-order valence-corrected chi connectivity index (χ3v) is 3.75. The van der Waals surface area contributed by atoms with Crippen LogP contribution in [-0.4, -0.2) is 41.1 Å². The number of carboxylic acid groups (broad SMARTS) is 1. The molecule has 1 heterocycles. The number of hydrogen-bond donors (Lipinski definition) is 1. The SMILES string of the molecule is O=C(O)CN(C(=O)C1=Cc2cc(Cl)ccc2OC1)C1CC1. The van der Waals surface area contributed by atoms with E-state index in [0.29, 0.717) is 16.3 Å². The average Bonchev–Trinajstić information content (AvgIpc) is 3.27. The zero-order valence-electron chi connectivity index (χ0n) is 11.2. The Balaban J connectivity index is 1.85. The number of amides is 1. The van der Waals surface area contributed by atoms with Crippen LogP contribution in [-0.2, 0) is 9.59 Å². The van der Waals surface area contributed by atoms with Crippen LogP contribution >= 0.6 is 11.6 Å². The van der Waals surface area contributed by atoms with E-state index < -0.39 is 5.97 Å². The standard InChI is InChI=1S/C15H14ClNO4/c16-11-1-4-13-9(6-11)5-10(8-21-13)15(20)17(7-14(18)19)12-2-3-12/h1,4-6,12H,2-3,7-8H2,(H,18,19). The van der Waals surface area contributed by atoms with Gasteiger partial charge in [0.25, 0.3) is 5.91 Å². The van der Waals surface area contributed by atoms with Crippen LogP contribution in [0.2, 0.25) is 5.02 Å². The van der Waals surface area contributed by atoms with Crippen LogP contribution in [0.4, 0.5) is 0 Å². The van der Waals surface area contributed by atoms with Crippen molar-refractivity contribution in [1.82, 2.24) is 4.90 Å². The number of carbonyl (C=O) groups excluding carboxylic acids is 1. The van der Waals surface area contributed by atoms with Crippen LogP contribution in [0.15, 0.2) is 23.8 Å². The Morgan fingerprint density at radius 2 is 2.14 bits per heavy atom. The Morgan fingerprint density at radius 3 is 2.81 bits per heavy atom. The summed E-state index contributed by atoms with van der Waals surface area (Å²) in [5.74, 6) is -0.603. The Labute approximate surface area is 126 Å². The Bertz CT molecular complexity index is 637. The van der Waals surface area contributed by atoms with Crippen LogP contribution in [0.1, 0.15) is 18.4 Å². The third-order valence-electron chi connectivity index (χ3n) is 3.51. The van der Waals surface area contributed by atoms with Crippen LogP contribution in [0.5, 0.6) is 5.75 Å². The van der Waals surface area contributed by atoms with Gasteiger partial charge in [-0.15, -0.1) is 0 Å². The van der Waals surface area contributed by atoms with Gasteiger partial charge in [-0.1, -0.05) is 11.6 Å². The van der Waals surface area contributed by atoms with Gasteiger partial charge in [0.1, 0.15) is 18.9 Å². The number of fused-ring (bicyclic) bond motifs is 1. The fraction of sp³-hybridized carbons (Fsp3) is 0.333. The first-order valence-electron chi connectivity index (χ1n) is 6.70. The number of halogens is 1. The zero-order valence-corrected chi connectivity index (χ0v) is 12.0. The number of carbonyl (C=O) groups is 2. The van der Waals surface area contributed by atoms with Crippen molar-refractivity contribution < 1.29 is 19.4 Å². The quantitative estimate of drug-likeness (QED) is 0.926. The van der Waals surface area contributed by atoms with Crippen molar-refractivity contribution in [3.8, 4) is 5.75 Å². The molecule has 2 aliphatic rings. The van der Waals surface area contributed by atoms with Gasteiger partial charge in [-0.3, -0.25) is 9.59 Å². The molecule has 1 saturated carbocycles. The molecule has 0 aromatic heterocycles. The van der Waals surface area contributed by atoms with Gasteiger partial charge in [-0.25, -0.2) is 0 Å². The molecule has 1 fully saturated rings. The van der Waals surface area contributed by atoms with Crippen LogP contribution in [0.25, 0.3) is 6.08 Å². The second-order valence-corrected chi connectivity index (χ2v) is 5.63. The van der Waals surface area contributed by atoms with Crippen molar-refractivity contribution in [2.75, 3.05) is 13.2 Å². The van der Waals surface area contributed by atoms with Crippen LogP contribution < -0.4 is 4.74 Å². The van der Waals surface area contributed by atoms with Gasteiger partial charge in [0, 0.05) is 16.6 Å². The number of rotatable bonds is 4. The molecule has 1 aromatic carbocycles. The molecule has 0 unspecified atom stereocenters. The topological polar surface area (TPSA) is 66.8 Å². The van der Waals surface area contributed by atoms with Crippen molar-refractivity contribution in [3.63, 3.8) is 0 Å². The summed E-state index contributed by atoms with van der Waals surface area (Å²) in [7, 11) is 0. The maximum Gasteiger partial charge on any atom is 0.323 e. The van der Waals surface area contributed by atoms with E-state index in [4.69, 9.17) is 21.4 Å². The number of hydrogen-bond acceptors (Lipinski definition) is 3. The summed E-state index contributed by atoms with van der Waals surface area (Å²) in [6, 6.07) is 5.24. The molecule has 1 amide bonds. The summed E-state index contributed by atoms with van der Waals surface area (Å²) in [4.78, 5) is 24.8. The number of benzene rings is 1. The molecule has 5 nitrogen and oxygen atoms in total. The van der Waals surface area contributed by atoms with Crippen molar-refractivity contribution >= 4 is 29.6 Å². The highest BCUT2D eigenvalue weighted by atomic mass is 35.5. The predicted molar refractivity (Wildman–Crippen MR) is 77.3 cm³/mol. The van der Waals surface area contributed by atoms with Gasteiger partial charge >= 0.3 is 5.97 Å². The van der Waals surface area contributed by atoms with Crippen molar-refractivity contribution in [3.05, 3.63) is 34.4 Å². The fourth-order valence-electron chi connectivity index (χ4n) is 2.36. The highest BCUT2D eigenvalue weighted by Crippen LogP contribution is 2.32. The lowest BCUT2D eigenvalue weighted by atomic mass is 10.1. The Hall–Kier alpha value is -2.01. The first-order chi connectivity index (χ1) is 10.0. The number of carboxylic acids is 1. The highest BCUT2D eigenvalue weighted by molar-refractivity contribution is 6.30. The molecule has 3 rings (SSSR count). The molecular weight excluding hydrogens is 294 g/mol. The van der Waals surface area contributed by atoms with Crippen LogP contribution in [0, 0.1) is 0 Å². The maximum atomic E-state index is 12.5. The molecule has 21 heavy (non-hydrogen) atoms. The van der Waals surface area contributed by atoms with E-state index in [-0.39, 0.29) is 25.1 Å². The molecule has 0 bridgehead atoms. The van der Waals surface area contributed by atoms with Gasteiger partial charge in [-0.05, 0) is 37.1 Å². The average molecular weight is 308 g/mol. The summed E-state index contributed by atoms with van der Waals surface area (Å²) < 4.78 is 5.55. The third kappa shape index (κ3) is 3.03. The molecule has 0 saturated heterocycles. The second-order valence-electron chi connectivity index (χ2n) is 5.20. The maximum absolute atomic E-state index is 12.5. The van der Waals surface area contributed by atoms with E-state index in [1.807, 2.05) is 0 Å². The summed E-state index contributed by atoms with van der Waals surface area (Å²) in [5, 5.41) is 9.50. The van der Waals surface area contributed by atoms with E-state index in [2.05, 4.69) is 0 Å². The van der Waals surface area contributed by atoms with Gasteiger partial charge in [-0.2, -0.15) is 0 Å². The zero-order chi connectivity index (χ0) is 15.0. The molecule has 0 spiro atoms. The number of ether oxygens (including phenoxy) is 1. The van der Waals surface area contributed by atoms with Crippen molar-refractivity contribution in [1.29, 1.82) is 0 Å². The summed E-state index contributed by atoms with van der Waals surface area (Å²) in [5.41, 5.74) is 1.20. The van der Waals surface area contributed by atoms with E-state index in [9.17, 15) is 9.59 Å². The molecule has 1 aliphatic heterocycles. The molecule has 1 aliphatic carbocycles. The van der Waals surface area contributed by atoms with Gasteiger partial charge in [0.05, 0.1) is 5.57 Å². The minimum Gasteiger partial charge on any atom is -0.488 e. The van der Waals surface area contributed by atoms with Gasteiger partial charge < -0.3 is 14.7 Å². The minimum absolute atomic E-state index is 0.0373. The number of nitrogens with zero attached hydrogens (tertiary/aromatic N) is 1. The minimum atomic E-state index is -1.00. The van der Waals surface area contributed by atoms with E-state index in [1.54, 1.807) is 24.3 Å². The normalized spacial score (nSPS) is 16.5. The van der Waals surface area contributed by atoms with E-state index in [0.717, 1.165) is 18.4 Å². The molecule has 1 N–H and O–H groups in total. The van der Waals surface area contributed by atoms with Gasteiger partial charge in [0.15, 0.2) is 0 Å². The van der Waals surface area contributed by atoms with E-state index in [1.165, 1.54) is 4.90 Å². The molecular formula is C15H14ClNO4. The summed E-state index contributed by atoms with van der Waals surface area (Å²) >= 11 is 5.94. The van der Waals surface area contributed by atoms with Crippen molar-refractivity contribution in [2.24, 2.45) is 0 Å². The lowest BCUT2D eigenvalue weighted by Crippen LogP contribution is -2.39. The predicted octanol–water partition coefficient (Wildman–Crippen LogP) is 2.19. The molecule has 6 heteroatoms. The molecule has 0 radical (unpaired) electrons. The Kier molecular flexibility index (Phi) is 3.59.